The predicted molar refractivity (Wildman–Crippen MR) is 102 cm³/mol. The molecule has 0 aliphatic heterocycles. The van der Waals surface area contributed by atoms with Crippen molar-refractivity contribution in [3.05, 3.63) is 71.3 Å². The minimum absolute atomic E-state index is 0.168. The number of thioether (sulfide) groups is 1. The van der Waals surface area contributed by atoms with Gasteiger partial charge in [0, 0.05) is 0 Å². The molecule has 1 aliphatic rings. The molecule has 0 heterocycles. The molecule has 3 rings (SSSR count). The largest absolute Gasteiger partial charge is 0.349 e. The lowest BCUT2D eigenvalue weighted by molar-refractivity contribution is -0.119. The second-order valence-corrected chi connectivity index (χ2v) is 7.46. The summed E-state index contributed by atoms with van der Waals surface area (Å²) in [6.07, 6.45) is 5.56. The van der Waals surface area contributed by atoms with Gasteiger partial charge in [-0.3, -0.25) is 4.79 Å². The van der Waals surface area contributed by atoms with Gasteiger partial charge in [0.1, 0.15) is 0 Å². The number of rotatable bonds is 7. The van der Waals surface area contributed by atoms with Crippen LogP contribution in [-0.4, -0.2) is 17.4 Å². The molecule has 0 radical (unpaired) electrons. The zero-order valence-corrected chi connectivity index (χ0v) is 14.9. The molecule has 0 saturated carbocycles. The van der Waals surface area contributed by atoms with Crippen molar-refractivity contribution >= 4 is 17.7 Å². The Morgan fingerprint density at radius 1 is 1.08 bits per heavy atom. The average Bonchev–Trinajstić information content (AvgIpc) is 2.63. The van der Waals surface area contributed by atoms with Gasteiger partial charge in [-0.05, 0) is 54.5 Å². The Labute approximate surface area is 149 Å². The van der Waals surface area contributed by atoms with Crippen LogP contribution in [0.15, 0.2) is 54.6 Å². The van der Waals surface area contributed by atoms with E-state index < -0.39 is 0 Å². The highest BCUT2D eigenvalue weighted by molar-refractivity contribution is 7.99. The van der Waals surface area contributed by atoms with Crippen molar-refractivity contribution in [2.75, 3.05) is 11.5 Å². The Morgan fingerprint density at radius 3 is 2.75 bits per heavy atom. The molecular formula is C21H25NOS. The number of hydrogen-bond acceptors (Lipinski definition) is 2. The van der Waals surface area contributed by atoms with Crippen LogP contribution in [0.25, 0.3) is 0 Å². The number of aryl methyl sites for hydroxylation is 2. The van der Waals surface area contributed by atoms with Crippen molar-refractivity contribution in [1.29, 1.82) is 0 Å². The number of benzene rings is 2. The SMILES string of the molecule is O=C(CSCCCc1ccccc1)NC1CCCc2ccccc21. The highest BCUT2D eigenvalue weighted by Gasteiger charge is 2.20. The second kappa shape index (κ2) is 8.93. The van der Waals surface area contributed by atoms with Crippen LogP contribution in [0, 0.1) is 0 Å². The third kappa shape index (κ3) is 4.88. The van der Waals surface area contributed by atoms with Crippen molar-refractivity contribution in [3.8, 4) is 0 Å². The quantitative estimate of drug-likeness (QED) is 0.750. The smallest absolute Gasteiger partial charge is 0.230 e. The van der Waals surface area contributed by atoms with Gasteiger partial charge in [0.2, 0.25) is 5.91 Å². The van der Waals surface area contributed by atoms with Gasteiger partial charge in [-0.1, -0.05) is 54.6 Å². The van der Waals surface area contributed by atoms with Gasteiger partial charge < -0.3 is 5.32 Å². The van der Waals surface area contributed by atoms with Crippen LogP contribution in [0.4, 0.5) is 0 Å². The van der Waals surface area contributed by atoms with Gasteiger partial charge in [0.05, 0.1) is 11.8 Å². The topological polar surface area (TPSA) is 29.1 Å². The molecule has 2 aromatic rings. The summed E-state index contributed by atoms with van der Waals surface area (Å²) < 4.78 is 0. The van der Waals surface area contributed by atoms with Gasteiger partial charge in [-0.25, -0.2) is 0 Å². The zero-order chi connectivity index (χ0) is 16.6. The molecule has 1 atom stereocenters. The summed E-state index contributed by atoms with van der Waals surface area (Å²) >= 11 is 1.74. The van der Waals surface area contributed by atoms with E-state index in [0.717, 1.165) is 37.9 Å². The molecule has 1 amide bonds. The lowest BCUT2D eigenvalue weighted by Gasteiger charge is -2.26. The van der Waals surface area contributed by atoms with E-state index >= 15 is 0 Å². The Bertz CT molecular complexity index is 656. The fraction of sp³-hybridized carbons (Fsp3) is 0.381. The summed E-state index contributed by atoms with van der Waals surface area (Å²) in [5.41, 5.74) is 4.08. The summed E-state index contributed by atoms with van der Waals surface area (Å²) in [7, 11) is 0. The van der Waals surface area contributed by atoms with Gasteiger partial charge in [-0.15, -0.1) is 0 Å². The number of carbonyl (C=O) groups excluding carboxylic acids is 1. The molecule has 0 spiro atoms. The monoisotopic (exact) mass is 339 g/mol. The third-order valence-electron chi connectivity index (χ3n) is 4.53. The first-order chi connectivity index (χ1) is 11.8. The molecule has 0 aromatic heterocycles. The van der Waals surface area contributed by atoms with Crippen molar-refractivity contribution in [2.45, 2.75) is 38.1 Å². The third-order valence-corrected chi connectivity index (χ3v) is 5.58. The summed E-state index contributed by atoms with van der Waals surface area (Å²) in [6, 6.07) is 19.2. The van der Waals surface area contributed by atoms with Crippen molar-refractivity contribution in [1.82, 2.24) is 5.32 Å². The van der Waals surface area contributed by atoms with Crippen LogP contribution in [-0.2, 0) is 17.6 Å². The van der Waals surface area contributed by atoms with Crippen molar-refractivity contribution < 1.29 is 4.79 Å². The Kier molecular flexibility index (Phi) is 6.36. The molecule has 2 nitrogen and oxygen atoms in total. The number of amides is 1. The van der Waals surface area contributed by atoms with Gasteiger partial charge in [0.25, 0.3) is 0 Å². The minimum atomic E-state index is 0.168. The number of fused-ring (bicyclic) bond motifs is 1. The minimum Gasteiger partial charge on any atom is -0.349 e. The van der Waals surface area contributed by atoms with E-state index in [9.17, 15) is 4.79 Å². The first-order valence-electron chi connectivity index (χ1n) is 8.82. The molecule has 24 heavy (non-hydrogen) atoms. The normalized spacial score (nSPS) is 16.4. The molecule has 1 unspecified atom stereocenters. The van der Waals surface area contributed by atoms with E-state index in [1.807, 2.05) is 6.07 Å². The lowest BCUT2D eigenvalue weighted by atomic mass is 9.88. The van der Waals surface area contributed by atoms with Gasteiger partial charge in [0.15, 0.2) is 0 Å². The standard InChI is InChI=1S/C21H25NOS/c23-21(16-24-15-7-10-17-8-2-1-3-9-17)22-20-14-6-12-18-11-4-5-13-19(18)20/h1-5,8-9,11,13,20H,6-7,10,12,14-16H2,(H,22,23). The Morgan fingerprint density at radius 2 is 1.88 bits per heavy atom. The van der Waals surface area contributed by atoms with Crippen LogP contribution in [0.2, 0.25) is 0 Å². The molecule has 0 fully saturated rings. The van der Waals surface area contributed by atoms with E-state index in [1.165, 1.54) is 16.7 Å². The number of hydrogen-bond donors (Lipinski definition) is 1. The molecule has 2 aromatic carbocycles. The van der Waals surface area contributed by atoms with E-state index in [4.69, 9.17) is 0 Å². The first-order valence-corrected chi connectivity index (χ1v) is 9.97. The molecule has 0 bridgehead atoms. The highest BCUT2D eigenvalue weighted by Crippen LogP contribution is 2.29. The summed E-state index contributed by atoms with van der Waals surface area (Å²) in [4.78, 5) is 12.2. The fourth-order valence-corrected chi connectivity index (χ4v) is 4.09. The molecule has 126 valence electrons. The molecule has 3 heteroatoms. The molecule has 0 saturated heterocycles. The predicted octanol–water partition coefficient (Wildman–Crippen LogP) is 4.55. The zero-order valence-electron chi connectivity index (χ0n) is 14.0. The van der Waals surface area contributed by atoms with Gasteiger partial charge >= 0.3 is 0 Å². The van der Waals surface area contributed by atoms with E-state index in [-0.39, 0.29) is 11.9 Å². The summed E-state index contributed by atoms with van der Waals surface area (Å²) in [5, 5.41) is 3.22. The Balaban J connectivity index is 1.37. The van der Waals surface area contributed by atoms with Crippen molar-refractivity contribution in [2.24, 2.45) is 0 Å². The summed E-state index contributed by atoms with van der Waals surface area (Å²) in [5.74, 6) is 1.76. The van der Waals surface area contributed by atoms with Crippen LogP contribution in [0.5, 0.6) is 0 Å². The van der Waals surface area contributed by atoms with Crippen LogP contribution in [0.3, 0.4) is 0 Å². The van der Waals surface area contributed by atoms with E-state index in [1.54, 1.807) is 11.8 Å². The summed E-state index contributed by atoms with van der Waals surface area (Å²) in [6.45, 7) is 0. The van der Waals surface area contributed by atoms with Crippen molar-refractivity contribution in [3.63, 3.8) is 0 Å². The van der Waals surface area contributed by atoms with E-state index in [2.05, 4.69) is 53.8 Å². The number of carbonyl (C=O) groups is 1. The average molecular weight is 340 g/mol. The van der Waals surface area contributed by atoms with E-state index in [0.29, 0.717) is 5.75 Å². The molecular weight excluding hydrogens is 314 g/mol. The fourth-order valence-electron chi connectivity index (χ4n) is 3.33. The maximum Gasteiger partial charge on any atom is 0.230 e. The highest BCUT2D eigenvalue weighted by atomic mass is 32.2. The van der Waals surface area contributed by atoms with Crippen LogP contribution in [0.1, 0.15) is 42.0 Å². The maximum atomic E-state index is 12.2. The lowest BCUT2D eigenvalue weighted by Crippen LogP contribution is -2.32. The number of nitrogens with one attached hydrogen (secondary N) is 1. The Hall–Kier alpha value is -1.74. The maximum absolute atomic E-state index is 12.2. The molecule has 1 aliphatic carbocycles. The van der Waals surface area contributed by atoms with Crippen LogP contribution >= 0.6 is 11.8 Å². The second-order valence-electron chi connectivity index (χ2n) is 6.35. The van der Waals surface area contributed by atoms with Gasteiger partial charge in [-0.2, -0.15) is 11.8 Å². The van der Waals surface area contributed by atoms with Crippen LogP contribution < -0.4 is 5.32 Å². The first kappa shape index (κ1) is 17.1. The molecule has 1 N–H and O–H groups in total.